The van der Waals surface area contributed by atoms with E-state index in [1.54, 1.807) is 18.2 Å². The minimum absolute atomic E-state index is 0.210. The molecule has 1 amide bonds. The number of aromatic nitrogens is 2. The van der Waals surface area contributed by atoms with Crippen LogP contribution in [0.5, 0.6) is 0 Å². The van der Waals surface area contributed by atoms with E-state index in [1.165, 1.54) is 4.90 Å². The number of amides is 1. The number of nitriles is 2. The SMILES string of the molecule is N#CCCN(CCC#N)C(=O)c1n[nH]c2ccc(N)cc12. The largest absolute Gasteiger partial charge is 0.399 e. The van der Waals surface area contributed by atoms with Crippen LogP contribution in [0.3, 0.4) is 0 Å². The van der Waals surface area contributed by atoms with Crippen LogP contribution in [0.25, 0.3) is 10.9 Å². The molecule has 0 aliphatic heterocycles. The molecule has 7 heteroatoms. The molecule has 21 heavy (non-hydrogen) atoms. The Kier molecular flexibility index (Phi) is 4.37. The fourth-order valence-corrected chi connectivity index (χ4v) is 2.03. The highest BCUT2D eigenvalue weighted by atomic mass is 16.2. The molecule has 2 aromatic rings. The minimum Gasteiger partial charge on any atom is -0.399 e. The third-order valence-corrected chi connectivity index (χ3v) is 3.06. The Morgan fingerprint density at radius 3 is 2.57 bits per heavy atom. The van der Waals surface area contributed by atoms with Gasteiger partial charge >= 0.3 is 0 Å². The maximum absolute atomic E-state index is 12.5. The van der Waals surface area contributed by atoms with Crippen LogP contribution in [-0.2, 0) is 0 Å². The van der Waals surface area contributed by atoms with Crippen LogP contribution in [0.2, 0.25) is 0 Å². The lowest BCUT2D eigenvalue weighted by atomic mass is 10.1. The van der Waals surface area contributed by atoms with Crippen molar-refractivity contribution in [2.45, 2.75) is 12.8 Å². The van der Waals surface area contributed by atoms with E-state index in [9.17, 15) is 4.79 Å². The van der Waals surface area contributed by atoms with Crippen molar-refractivity contribution in [1.29, 1.82) is 10.5 Å². The van der Waals surface area contributed by atoms with Crippen LogP contribution in [0, 0.1) is 22.7 Å². The van der Waals surface area contributed by atoms with Gasteiger partial charge in [-0.05, 0) is 18.2 Å². The molecule has 0 radical (unpaired) electrons. The van der Waals surface area contributed by atoms with Gasteiger partial charge in [-0.25, -0.2) is 0 Å². The summed E-state index contributed by atoms with van der Waals surface area (Å²) in [6.45, 7) is 0.543. The summed E-state index contributed by atoms with van der Waals surface area (Å²) >= 11 is 0. The van der Waals surface area contributed by atoms with Gasteiger partial charge < -0.3 is 10.6 Å². The minimum atomic E-state index is -0.308. The molecule has 1 aromatic heterocycles. The first kappa shape index (κ1) is 14.4. The summed E-state index contributed by atoms with van der Waals surface area (Å²) in [6, 6.07) is 9.14. The van der Waals surface area contributed by atoms with E-state index in [0.29, 0.717) is 16.6 Å². The smallest absolute Gasteiger partial charge is 0.275 e. The second kappa shape index (κ2) is 6.40. The van der Waals surface area contributed by atoms with Gasteiger partial charge in [0.1, 0.15) is 0 Å². The number of anilines is 1. The number of rotatable bonds is 5. The number of fused-ring (bicyclic) bond motifs is 1. The standard InChI is InChI=1S/C14H14N6O/c15-5-1-7-20(8-2-6-16)14(21)13-11-9-10(17)3-4-12(11)18-19-13/h3-4,9H,1-2,7-8,17H2,(H,18,19). The predicted octanol–water partition coefficient (Wildman–Crippen LogP) is 1.41. The number of nitrogens with two attached hydrogens (primary N) is 1. The predicted molar refractivity (Wildman–Crippen MR) is 76.9 cm³/mol. The number of carbonyl (C=O) groups is 1. The molecule has 2 rings (SSSR count). The van der Waals surface area contributed by atoms with E-state index >= 15 is 0 Å². The molecule has 0 spiro atoms. The lowest BCUT2D eigenvalue weighted by molar-refractivity contribution is 0.0758. The lowest BCUT2D eigenvalue weighted by Crippen LogP contribution is -2.33. The first-order valence-corrected chi connectivity index (χ1v) is 6.44. The van der Waals surface area contributed by atoms with Gasteiger partial charge in [0.05, 0.1) is 30.5 Å². The number of aromatic amines is 1. The van der Waals surface area contributed by atoms with Gasteiger partial charge in [-0.1, -0.05) is 0 Å². The summed E-state index contributed by atoms with van der Waals surface area (Å²) in [5.74, 6) is -0.308. The highest BCUT2D eigenvalue weighted by Gasteiger charge is 2.20. The van der Waals surface area contributed by atoms with E-state index in [1.807, 2.05) is 12.1 Å². The zero-order valence-corrected chi connectivity index (χ0v) is 11.3. The molecular weight excluding hydrogens is 268 g/mol. The summed E-state index contributed by atoms with van der Waals surface area (Å²) in [4.78, 5) is 14.0. The highest BCUT2D eigenvalue weighted by molar-refractivity contribution is 6.05. The van der Waals surface area contributed by atoms with Gasteiger partial charge in [0.25, 0.3) is 5.91 Å². The monoisotopic (exact) mass is 282 g/mol. The van der Waals surface area contributed by atoms with Crippen molar-refractivity contribution in [2.24, 2.45) is 0 Å². The van der Waals surface area contributed by atoms with Gasteiger partial charge in [0, 0.05) is 24.2 Å². The summed E-state index contributed by atoms with van der Waals surface area (Å²) in [5.41, 5.74) is 7.25. The number of hydrogen-bond donors (Lipinski definition) is 2. The van der Waals surface area contributed by atoms with Crippen molar-refractivity contribution in [3.63, 3.8) is 0 Å². The van der Waals surface area contributed by atoms with Crippen LogP contribution >= 0.6 is 0 Å². The number of nitrogens with zero attached hydrogens (tertiary/aromatic N) is 4. The molecule has 0 bridgehead atoms. The summed E-state index contributed by atoms with van der Waals surface area (Å²) in [5, 5.41) is 24.8. The van der Waals surface area contributed by atoms with Gasteiger partial charge in [-0.15, -0.1) is 0 Å². The van der Waals surface area contributed by atoms with E-state index in [0.717, 1.165) is 0 Å². The maximum Gasteiger partial charge on any atom is 0.275 e. The second-order valence-corrected chi connectivity index (χ2v) is 4.49. The van der Waals surface area contributed by atoms with E-state index < -0.39 is 0 Å². The molecule has 1 heterocycles. The van der Waals surface area contributed by atoms with Crippen LogP contribution in [0.4, 0.5) is 5.69 Å². The van der Waals surface area contributed by atoms with Crippen molar-refractivity contribution >= 4 is 22.5 Å². The van der Waals surface area contributed by atoms with Crippen molar-refractivity contribution in [3.05, 3.63) is 23.9 Å². The molecule has 0 atom stereocenters. The maximum atomic E-state index is 12.5. The summed E-state index contributed by atoms with van der Waals surface area (Å²) < 4.78 is 0. The van der Waals surface area contributed by atoms with Crippen molar-refractivity contribution in [1.82, 2.24) is 15.1 Å². The first-order chi connectivity index (χ1) is 10.2. The number of H-pyrrole nitrogens is 1. The average molecular weight is 282 g/mol. The van der Waals surface area contributed by atoms with E-state index in [2.05, 4.69) is 10.2 Å². The zero-order chi connectivity index (χ0) is 15.2. The van der Waals surface area contributed by atoms with Crippen molar-refractivity contribution < 1.29 is 4.79 Å². The number of hydrogen-bond acceptors (Lipinski definition) is 5. The Labute approximate surface area is 121 Å². The number of benzene rings is 1. The average Bonchev–Trinajstić information content (AvgIpc) is 2.89. The normalized spacial score (nSPS) is 10.0. The Balaban J connectivity index is 2.31. The number of carbonyl (C=O) groups excluding carboxylic acids is 1. The Bertz CT molecular complexity index is 718. The molecule has 0 saturated carbocycles. The van der Waals surface area contributed by atoms with Crippen LogP contribution in [0.15, 0.2) is 18.2 Å². The molecular formula is C14H14N6O. The summed E-state index contributed by atoms with van der Waals surface area (Å²) in [7, 11) is 0. The van der Waals surface area contributed by atoms with Crippen LogP contribution in [-0.4, -0.2) is 34.1 Å². The fraction of sp³-hybridized carbons (Fsp3) is 0.286. The second-order valence-electron chi connectivity index (χ2n) is 4.49. The van der Waals surface area contributed by atoms with E-state index in [4.69, 9.17) is 16.3 Å². The van der Waals surface area contributed by atoms with Crippen LogP contribution in [0.1, 0.15) is 23.3 Å². The van der Waals surface area contributed by atoms with Crippen LogP contribution < -0.4 is 5.73 Å². The molecule has 3 N–H and O–H groups in total. The molecule has 1 aromatic carbocycles. The topological polar surface area (TPSA) is 123 Å². The third-order valence-electron chi connectivity index (χ3n) is 3.06. The van der Waals surface area contributed by atoms with Gasteiger partial charge in [-0.2, -0.15) is 15.6 Å². The number of nitrogen functional groups attached to an aromatic ring is 1. The third kappa shape index (κ3) is 3.10. The molecule has 7 nitrogen and oxygen atoms in total. The van der Waals surface area contributed by atoms with Gasteiger partial charge in [0.15, 0.2) is 5.69 Å². The highest BCUT2D eigenvalue weighted by Crippen LogP contribution is 2.20. The van der Waals surface area contributed by atoms with E-state index in [-0.39, 0.29) is 37.5 Å². The van der Waals surface area contributed by atoms with Gasteiger partial charge in [-0.3, -0.25) is 9.89 Å². The molecule has 106 valence electrons. The fourth-order valence-electron chi connectivity index (χ4n) is 2.03. The Morgan fingerprint density at radius 1 is 1.29 bits per heavy atom. The summed E-state index contributed by atoms with van der Waals surface area (Å²) in [6.07, 6.45) is 0.420. The molecule has 0 fully saturated rings. The molecule has 0 unspecified atom stereocenters. The Morgan fingerprint density at radius 2 is 1.95 bits per heavy atom. The van der Waals surface area contributed by atoms with Crippen molar-refractivity contribution in [3.8, 4) is 12.1 Å². The Hall–Kier alpha value is -3.06. The molecule has 0 aliphatic rings. The first-order valence-electron chi connectivity index (χ1n) is 6.44. The lowest BCUT2D eigenvalue weighted by Gasteiger charge is -2.19. The quantitative estimate of drug-likeness (QED) is 0.803. The van der Waals surface area contributed by atoms with Crippen molar-refractivity contribution in [2.75, 3.05) is 18.8 Å². The molecule has 0 aliphatic carbocycles. The zero-order valence-electron chi connectivity index (χ0n) is 11.3. The molecule has 0 saturated heterocycles. The number of nitrogens with one attached hydrogen (secondary N) is 1. The van der Waals surface area contributed by atoms with Gasteiger partial charge in [0.2, 0.25) is 0 Å².